The molecule has 0 bridgehead atoms. The zero-order chi connectivity index (χ0) is 17.1. The minimum atomic E-state index is -1.14. The number of hydrogen-bond acceptors (Lipinski definition) is 9. The molecule has 3 heterocycles. The summed E-state index contributed by atoms with van der Waals surface area (Å²) in [6.45, 7) is 0.0240. The molecule has 0 aromatic carbocycles. The molecule has 127 valence electrons. The number of aliphatic hydroxyl groups is 1. The molecule has 24 heavy (non-hydrogen) atoms. The van der Waals surface area contributed by atoms with Crippen LogP contribution in [0.25, 0.3) is 21.6 Å². The number of imidazole rings is 1. The second kappa shape index (κ2) is 7.04. The van der Waals surface area contributed by atoms with E-state index in [1.165, 1.54) is 17.2 Å². The van der Waals surface area contributed by atoms with Crippen LogP contribution in [-0.2, 0) is 14.0 Å². The lowest BCUT2D eigenvalue weighted by molar-refractivity contribution is -0.0560. The van der Waals surface area contributed by atoms with Crippen LogP contribution in [0.4, 0.5) is 5.82 Å². The summed E-state index contributed by atoms with van der Waals surface area (Å²) in [6, 6.07) is -0.869. The molecule has 5 atom stereocenters. The monoisotopic (exact) mass is 353 g/mol. The summed E-state index contributed by atoms with van der Waals surface area (Å²) in [5.41, 5.74) is 15.2. The van der Waals surface area contributed by atoms with Crippen LogP contribution in [0.1, 0.15) is 6.23 Å². The Bertz CT molecular complexity index is 793. The Morgan fingerprint density at radius 1 is 1.54 bits per heavy atom. The predicted molar refractivity (Wildman–Crippen MR) is 82.4 cm³/mol. The van der Waals surface area contributed by atoms with E-state index >= 15 is 0 Å². The molecular formula is C11H14N8O4P. The quantitative estimate of drug-likeness (QED) is 0.246. The second-order valence-electron chi connectivity index (χ2n) is 4.99. The first-order chi connectivity index (χ1) is 11.7. The summed E-state index contributed by atoms with van der Waals surface area (Å²) < 4.78 is 22.9. The van der Waals surface area contributed by atoms with Crippen LogP contribution >= 0.6 is 8.46 Å². The Labute approximate surface area is 136 Å². The average molecular weight is 353 g/mol. The van der Waals surface area contributed by atoms with Crippen LogP contribution in [-0.4, -0.2) is 55.8 Å². The lowest BCUT2D eigenvalue weighted by atomic mass is 10.1. The molecule has 13 heteroatoms. The van der Waals surface area contributed by atoms with Crippen LogP contribution in [0.15, 0.2) is 17.8 Å². The van der Waals surface area contributed by atoms with E-state index in [1.807, 2.05) is 0 Å². The van der Waals surface area contributed by atoms with E-state index in [4.69, 9.17) is 20.7 Å². The van der Waals surface area contributed by atoms with Gasteiger partial charge in [-0.25, -0.2) is 15.0 Å². The van der Waals surface area contributed by atoms with Crippen molar-refractivity contribution >= 4 is 25.4 Å². The Morgan fingerprint density at radius 2 is 2.38 bits per heavy atom. The molecule has 3 rings (SSSR count). The molecular weight excluding hydrogens is 339 g/mol. The van der Waals surface area contributed by atoms with Gasteiger partial charge in [0.25, 0.3) is 0 Å². The minimum Gasteiger partial charge on any atom is -0.388 e. The Morgan fingerprint density at radius 3 is 3.12 bits per heavy atom. The van der Waals surface area contributed by atoms with Crippen LogP contribution in [0.2, 0.25) is 0 Å². The number of nitrogen functional groups attached to an aromatic ring is 1. The van der Waals surface area contributed by atoms with Gasteiger partial charge in [-0.05, 0) is 5.53 Å². The van der Waals surface area contributed by atoms with E-state index in [-0.39, 0.29) is 18.8 Å². The van der Waals surface area contributed by atoms with Crippen LogP contribution < -0.4 is 5.73 Å². The number of nitrogens with two attached hydrogens (primary N) is 1. The van der Waals surface area contributed by atoms with Gasteiger partial charge in [0.15, 0.2) is 17.7 Å². The van der Waals surface area contributed by atoms with Gasteiger partial charge in [0, 0.05) is 4.91 Å². The standard InChI is InChI=1S/C11H14N8O4P/c12-9-7-10(15-2-14-9)19(3-16-7)11-8(20)6(17-18-13)5(23-11)1-22-4-24-21/h2-3,5-6,8,11,20,24H,1,4H2,(H2,12,14,15). The van der Waals surface area contributed by atoms with Crippen molar-refractivity contribution in [2.75, 3.05) is 18.7 Å². The van der Waals surface area contributed by atoms with Gasteiger partial charge < -0.3 is 20.3 Å². The average Bonchev–Trinajstić information content (AvgIpc) is 3.12. The van der Waals surface area contributed by atoms with Crippen molar-refractivity contribution in [1.29, 1.82) is 0 Å². The van der Waals surface area contributed by atoms with Crippen molar-refractivity contribution in [2.45, 2.75) is 24.5 Å². The molecule has 2 aromatic heterocycles. The van der Waals surface area contributed by atoms with Gasteiger partial charge in [-0.1, -0.05) is 5.11 Å². The third kappa shape index (κ3) is 2.88. The van der Waals surface area contributed by atoms with Crippen molar-refractivity contribution in [1.82, 2.24) is 19.5 Å². The summed E-state index contributed by atoms with van der Waals surface area (Å²) >= 11 is 0. The number of aliphatic hydroxyl groups excluding tert-OH is 1. The third-order valence-electron chi connectivity index (χ3n) is 3.63. The highest BCUT2D eigenvalue weighted by Crippen LogP contribution is 2.33. The highest BCUT2D eigenvalue weighted by molar-refractivity contribution is 7.23. The van der Waals surface area contributed by atoms with Crippen molar-refractivity contribution in [2.24, 2.45) is 5.11 Å². The van der Waals surface area contributed by atoms with Gasteiger partial charge in [-0.15, -0.1) is 0 Å². The largest absolute Gasteiger partial charge is 0.388 e. The smallest absolute Gasteiger partial charge is 0.167 e. The van der Waals surface area contributed by atoms with E-state index in [9.17, 15) is 9.67 Å². The van der Waals surface area contributed by atoms with Crippen LogP contribution in [0.3, 0.4) is 0 Å². The van der Waals surface area contributed by atoms with Gasteiger partial charge in [-0.3, -0.25) is 9.13 Å². The van der Waals surface area contributed by atoms with Crippen molar-refractivity contribution in [3.63, 3.8) is 0 Å². The first-order valence-electron chi connectivity index (χ1n) is 6.91. The summed E-state index contributed by atoms with van der Waals surface area (Å²) in [6.07, 6.45) is -0.00658. The maximum Gasteiger partial charge on any atom is 0.167 e. The Hall–Kier alpha value is -2.36. The van der Waals surface area contributed by atoms with E-state index in [0.717, 1.165) is 0 Å². The maximum atomic E-state index is 10.5. The maximum absolute atomic E-state index is 10.5. The SMILES string of the molecule is [N-]=[N+]=NC1C(COC[PH]=O)OC(n2cnc3c(N)ncnc32)C1O. The minimum absolute atomic E-state index is 0.0240. The molecule has 0 aliphatic carbocycles. The summed E-state index contributed by atoms with van der Waals surface area (Å²) in [5.74, 6) is 0.203. The molecule has 1 fully saturated rings. The molecule has 12 nitrogen and oxygen atoms in total. The molecule has 1 aliphatic heterocycles. The number of azide groups is 1. The number of ether oxygens (including phenoxy) is 2. The number of rotatable bonds is 6. The molecule has 3 N–H and O–H groups in total. The van der Waals surface area contributed by atoms with E-state index in [2.05, 4.69) is 25.0 Å². The number of aromatic nitrogens is 4. The molecule has 1 radical (unpaired) electrons. The Kier molecular flexibility index (Phi) is 4.84. The number of nitrogens with zero attached hydrogens (tertiary/aromatic N) is 7. The molecule has 0 spiro atoms. The fourth-order valence-corrected chi connectivity index (χ4v) is 2.77. The topological polar surface area (TPSA) is 174 Å². The lowest BCUT2D eigenvalue weighted by Crippen LogP contribution is -2.32. The van der Waals surface area contributed by atoms with Crippen molar-refractivity contribution in [3.05, 3.63) is 23.1 Å². The highest BCUT2D eigenvalue weighted by Gasteiger charge is 2.44. The zero-order valence-electron chi connectivity index (χ0n) is 12.3. The van der Waals surface area contributed by atoms with Gasteiger partial charge >= 0.3 is 0 Å². The van der Waals surface area contributed by atoms with Crippen molar-refractivity contribution < 1.29 is 19.1 Å². The van der Waals surface area contributed by atoms with E-state index < -0.39 is 32.9 Å². The second-order valence-corrected chi connectivity index (χ2v) is 5.57. The fraction of sp³-hybridized carbons (Fsp3) is 0.545. The number of fused-ring (bicyclic) bond motifs is 1. The highest BCUT2D eigenvalue weighted by atomic mass is 31.1. The lowest BCUT2D eigenvalue weighted by Gasteiger charge is -2.16. The van der Waals surface area contributed by atoms with Gasteiger partial charge in [0.1, 0.15) is 24.3 Å². The van der Waals surface area contributed by atoms with Gasteiger partial charge in [0.05, 0.1) is 33.5 Å². The summed E-state index contributed by atoms with van der Waals surface area (Å²) in [4.78, 5) is 14.8. The molecule has 0 saturated carbocycles. The third-order valence-corrected chi connectivity index (χ3v) is 3.95. The molecule has 0 amide bonds. The molecule has 5 unspecified atom stereocenters. The van der Waals surface area contributed by atoms with Crippen molar-refractivity contribution in [3.8, 4) is 0 Å². The van der Waals surface area contributed by atoms with Gasteiger partial charge in [-0.2, -0.15) is 0 Å². The van der Waals surface area contributed by atoms with E-state index in [0.29, 0.717) is 11.2 Å². The van der Waals surface area contributed by atoms with Crippen LogP contribution in [0.5, 0.6) is 0 Å². The number of anilines is 1. The summed E-state index contributed by atoms with van der Waals surface area (Å²) in [5, 5.41) is 14.1. The molecule has 1 aliphatic rings. The van der Waals surface area contributed by atoms with Crippen LogP contribution in [0, 0.1) is 0 Å². The molecule has 1 saturated heterocycles. The normalized spacial score (nSPS) is 26.7. The number of hydrogen-bond donors (Lipinski definition) is 2. The Balaban J connectivity index is 1.91. The first-order valence-corrected chi connectivity index (χ1v) is 8.02. The first kappa shape index (κ1) is 16.5. The van der Waals surface area contributed by atoms with E-state index in [1.54, 1.807) is 0 Å². The predicted octanol–water partition coefficient (Wildman–Crippen LogP) is 0.344. The fourth-order valence-electron chi connectivity index (χ4n) is 2.57. The zero-order valence-corrected chi connectivity index (χ0v) is 13.3. The summed E-state index contributed by atoms with van der Waals surface area (Å²) in [7, 11) is -0.615. The molecule has 2 aromatic rings. The van der Waals surface area contributed by atoms with Gasteiger partial charge in [0.2, 0.25) is 0 Å².